The number of rotatable bonds is 3. The zero-order valence-electron chi connectivity index (χ0n) is 12.2. The number of amides is 1. The summed E-state index contributed by atoms with van der Waals surface area (Å²) in [6.07, 6.45) is 0. The smallest absolute Gasteiger partial charge is 0.396 e. The van der Waals surface area contributed by atoms with Gasteiger partial charge in [-0.3, -0.25) is 4.79 Å². The molecule has 2 aromatic carbocycles. The van der Waals surface area contributed by atoms with Crippen molar-refractivity contribution < 1.29 is 17.6 Å². The zero-order valence-corrected chi connectivity index (χ0v) is 15.4. The largest absolute Gasteiger partial charge is 0.414 e. The van der Waals surface area contributed by atoms with Crippen molar-refractivity contribution in [1.29, 1.82) is 0 Å². The number of anilines is 1. The molecular weight excluding hydrogens is 418 g/mol. The van der Waals surface area contributed by atoms with Crippen molar-refractivity contribution in [1.82, 2.24) is 0 Å². The van der Waals surface area contributed by atoms with Crippen molar-refractivity contribution in [2.24, 2.45) is 0 Å². The molecular formula is C15H10BrNO5S2. The molecule has 0 saturated carbocycles. The highest BCUT2D eigenvalue weighted by molar-refractivity contribution is 9.10. The average molecular weight is 428 g/mol. The molecule has 0 aliphatic rings. The van der Waals surface area contributed by atoms with E-state index in [0.717, 1.165) is 15.8 Å². The van der Waals surface area contributed by atoms with Crippen LogP contribution in [0.15, 0.2) is 61.0 Å². The minimum Gasteiger partial charge on any atom is -0.414 e. The van der Waals surface area contributed by atoms with Crippen molar-refractivity contribution in [3.8, 4) is 0 Å². The Morgan fingerprint density at radius 3 is 2.46 bits per heavy atom. The lowest BCUT2D eigenvalue weighted by Gasteiger charge is -2.21. The van der Waals surface area contributed by atoms with E-state index in [-0.39, 0.29) is 10.6 Å². The Labute approximate surface area is 149 Å². The number of carbonyl (C=O) groups excluding carboxylic acids is 1. The summed E-state index contributed by atoms with van der Waals surface area (Å²) >= 11 is 4.08. The van der Waals surface area contributed by atoms with Crippen LogP contribution in [0.3, 0.4) is 0 Å². The summed E-state index contributed by atoms with van der Waals surface area (Å²) < 4.78 is 32.5. The first-order valence-electron chi connectivity index (χ1n) is 6.64. The van der Waals surface area contributed by atoms with Gasteiger partial charge in [0.05, 0.1) is 15.3 Å². The minimum atomic E-state index is -4.07. The SMILES string of the molecule is CC(=O)N(c1ccc2oc(=O)sc2c1)S(=O)(=O)c1ccc(Br)cc1. The van der Waals surface area contributed by atoms with Gasteiger partial charge in [0.25, 0.3) is 10.0 Å². The van der Waals surface area contributed by atoms with E-state index in [1.54, 1.807) is 12.1 Å². The van der Waals surface area contributed by atoms with E-state index >= 15 is 0 Å². The van der Waals surface area contributed by atoms with Gasteiger partial charge >= 0.3 is 4.94 Å². The van der Waals surface area contributed by atoms with Crippen LogP contribution >= 0.6 is 27.3 Å². The Hall–Kier alpha value is -1.97. The van der Waals surface area contributed by atoms with Crippen LogP contribution in [-0.2, 0) is 14.8 Å². The first-order valence-corrected chi connectivity index (χ1v) is 9.69. The van der Waals surface area contributed by atoms with Gasteiger partial charge in [-0.25, -0.2) is 17.5 Å². The van der Waals surface area contributed by atoms with E-state index in [1.807, 2.05) is 0 Å². The molecule has 0 radical (unpaired) electrons. The van der Waals surface area contributed by atoms with Gasteiger partial charge in [0.1, 0.15) is 5.58 Å². The Balaban J connectivity index is 2.16. The van der Waals surface area contributed by atoms with Crippen molar-refractivity contribution in [2.75, 3.05) is 4.31 Å². The van der Waals surface area contributed by atoms with E-state index in [0.29, 0.717) is 14.6 Å². The van der Waals surface area contributed by atoms with Crippen LogP contribution in [0.5, 0.6) is 0 Å². The highest BCUT2D eigenvalue weighted by atomic mass is 79.9. The van der Waals surface area contributed by atoms with Crippen molar-refractivity contribution in [3.63, 3.8) is 0 Å². The van der Waals surface area contributed by atoms with Gasteiger partial charge in [-0.05, 0) is 42.5 Å². The molecule has 0 N–H and O–H groups in total. The monoisotopic (exact) mass is 427 g/mol. The minimum absolute atomic E-state index is 0.0126. The van der Waals surface area contributed by atoms with Gasteiger partial charge in [0, 0.05) is 11.4 Å². The first kappa shape index (κ1) is 16.9. The molecule has 6 nitrogen and oxygen atoms in total. The molecule has 0 spiro atoms. The second-order valence-corrected chi connectivity index (χ2v) is 8.51. The standard InChI is InChI=1S/C15H10BrNO5S2/c1-9(18)17(24(20,21)12-5-2-10(16)3-6-12)11-4-7-13-14(8-11)23-15(19)22-13/h2-8H,1H3. The zero-order chi connectivity index (χ0) is 17.5. The summed E-state index contributed by atoms with van der Waals surface area (Å²) in [5.41, 5.74) is 0.494. The van der Waals surface area contributed by atoms with Gasteiger partial charge in [-0.2, -0.15) is 0 Å². The molecule has 24 heavy (non-hydrogen) atoms. The van der Waals surface area contributed by atoms with E-state index < -0.39 is 20.9 Å². The van der Waals surface area contributed by atoms with Crippen LogP contribution in [0.25, 0.3) is 10.3 Å². The molecule has 0 aliphatic heterocycles. The second kappa shape index (κ2) is 6.15. The van der Waals surface area contributed by atoms with Crippen LogP contribution in [-0.4, -0.2) is 14.3 Å². The van der Waals surface area contributed by atoms with E-state index in [4.69, 9.17) is 4.42 Å². The van der Waals surface area contributed by atoms with Gasteiger partial charge in [0.2, 0.25) is 5.91 Å². The lowest BCUT2D eigenvalue weighted by Crippen LogP contribution is -2.35. The molecule has 0 bridgehead atoms. The van der Waals surface area contributed by atoms with Crippen LogP contribution < -0.4 is 9.24 Å². The number of hydrogen-bond acceptors (Lipinski definition) is 6. The molecule has 1 heterocycles. The molecule has 3 aromatic rings. The van der Waals surface area contributed by atoms with Crippen LogP contribution in [0.2, 0.25) is 0 Å². The second-order valence-electron chi connectivity index (χ2n) is 4.83. The Bertz CT molecular complexity index is 1080. The highest BCUT2D eigenvalue weighted by Gasteiger charge is 2.29. The topological polar surface area (TPSA) is 84.7 Å². The number of hydrogen-bond donors (Lipinski definition) is 0. The number of carbonyl (C=O) groups is 1. The Morgan fingerprint density at radius 2 is 1.83 bits per heavy atom. The van der Waals surface area contributed by atoms with Crippen LogP contribution in [0.4, 0.5) is 5.69 Å². The summed E-state index contributed by atoms with van der Waals surface area (Å²) in [4.78, 5) is 22.8. The molecule has 0 atom stereocenters. The molecule has 1 aromatic heterocycles. The molecule has 0 unspecified atom stereocenters. The van der Waals surface area contributed by atoms with Crippen molar-refractivity contribution >= 4 is 59.2 Å². The van der Waals surface area contributed by atoms with Gasteiger partial charge < -0.3 is 4.42 Å². The molecule has 124 valence electrons. The molecule has 3 rings (SSSR count). The fraction of sp³-hybridized carbons (Fsp3) is 0.0667. The highest BCUT2D eigenvalue weighted by Crippen LogP contribution is 2.29. The van der Waals surface area contributed by atoms with Crippen LogP contribution in [0.1, 0.15) is 6.92 Å². The lowest BCUT2D eigenvalue weighted by molar-refractivity contribution is -0.115. The number of nitrogens with zero attached hydrogens (tertiary/aromatic N) is 1. The summed E-state index contributed by atoms with van der Waals surface area (Å²) in [5.74, 6) is -0.659. The van der Waals surface area contributed by atoms with E-state index in [9.17, 15) is 18.0 Å². The lowest BCUT2D eigenvalue weighted by atomic mass is 10.3. The molecule has 0 fully saturated rings. The molecule has 0 saturated heterocycles. The Morgan fingerprint density at radius 1 is 1.17 bits per heavy atom. The Kier molecular flexibility index (Phi) is 4.33. The quantitative estimate of drug-likeness (QED) is 0.639. The van der Waals surface area contributed by atoms with Gasteiger partial charge in [-0.1, -0.05) is 27.3 Å². The third-order valence-corrected chi connectivity index (χ3v) is 6.32. The van der Waals surface area contributed by atoms with Crippen molar-refractivity contribution in [3.05, 3.63) is 56.7 Å². The summed E-state index contributed by atoms with van der Waals surface area (Å²) in [7, 11) is -4.07. The fourth-order valence-electron chi connectivity index (χ4n) is 2.19. The van der Waals surface area contributed by atoms with Crippen LogP contribution in [0, 0.1) is 0 Å². The fourth-order valence-corrected chi connectivity index (χ4v) is 4.58. The summed E-state index contributed by atoms with van der Waals surface area (Å²) in [6.45, 7) is 1.17. The maximum Gasteiger partial charge on any atom is 0.396 e. The van der Waals surface area contributed by atoms with Gasteiger partial charge in [-0.15, -0.1) is 0 Å². The summed E-state index contributed by atoms with van der Waals surface area (Å²) in [6, 6.07) is 10.3. The maximum absolute atomic E-state index is 12.8. The predicted molar refractivity (Wildman–Crippen MR) is 94.8 cm³/mol. The van der Waals surface area contributed by atoms with E-state index in [1.165, 1.54) is 37.3 Å². The number of fused-ring (bicyclic) bond motifs is 1. The molecule has 9 heteroatoms. The van der Waals surface area contributed by atoms with Gasteiger partial charge in [0.15, 0.2) is 0 Å². The number of benzene rings is 2. The number of sulfonamides is 1. The number of halogens is 1. The molecule has 0 aliphatic carbocycles. The van der Waals surface area contributed by atoms with E-state index in [2.05, 4.69) is 15.9 Å². The third-order valence-electron chi connectivity index (χ3n) is 3.19. The average Bonchev–Trinajstić information content (AvgIpc) is 2.86. The normalized spacial score (nSPS) is 11.6. The first-order chi connectivity index (χ1) is 11.3. The summed E-state index contributed by atoms with van der Waals surface area (Å²) in [5, 5.41) is 0. The maximum atomic E-state index is 12.8. The third kappa shape index (κ3) is 3.02. The predicted octanol–water partition coefficient (Wildman–Crippen LogP) is 3.36. The molecule has 1 amide bonds. The van der Waals surface area contributed by atoms with Crippen molar-refractivity contribution in [2.45, 2.75) is 11.8 Å².